The van der Waals surface area contributed by atoms with Crippen molar-refractivity contribution in [3.05, 3.63) is 60.2 Å². The van der Waals surface area contributed by atoms with Crippen LogP contribution in [0.1, 0.15) is 39.5 Å². The lowest BCUT2D eigenvalue weighted by molar-refractivity contribution is 0.0948. The SMILES string of the molecule is C=C1/C=N\N(C)C/C=C\CCCNC(=O)c2nn(C)cc2NC(=O)c2cccc1n2. The molecule has 9 heteroatoms. The summed E-state index contributed by atoms with van der Waals surface area (Å²) >= 11 is 0. The lowest BCUT2D eigenvalue weighted by Gasteiger charge is -2.10. The number of hydrogen-bond donors (Lipinski definition) is 2. The molecule has 30 heavy (non-hydrogen) atoms. The Morgan fingerprint density at radius 1 is 1.10 bits per heavy atom. The number of hydrazone groups is 1. The first-order chi connectivity index (χ1) is 14.4. The molecular weight excluding hydrogens is 382 g/mol. The van der Waals surface area contributed by atoms with Gasteiger partial charge in [0.05, 0.1) is 24.1 Å². The number of amides is 2. The van der Waals surface area contributed by atoms with Gasteiger partial charge in [0.1, 0.15) is 5.69 Å². The van der Waals surface area contributed by atoms with E-state index in [-0.39, 0.29) is 17.3 Å². The molecule has 0 fully saturated rings. The zero-order valence-electron chi connectivity index (χ0n) is 17.1. The second-order valence-electron chi connectivity index (χ2n) is 6.91. The standard InChI is InChI=1S/C21H25N7O2/c1-15-13-23-27(2)12-7-5-4-6-11-22-21(30)19-18(14-28(3)26-19)25-20(29)17-10-8-9-16(15)24-17/h5,7-10,13-14H,1,4,6,11-12H2,2-3H3,(H,22,30)(H,25,29)/b7-5-,23-13-. The topological polar surface area (TPSA) is 105 Å². The molecule has 2 bridgehead atoms. The molecule has 0 spiro atoms. The van der Waals surface area contributed by atoms with Gasteiger partial charge in [0.2, 0.25) is 0 Å². The van der Waals surface area contributed by atoms with E-state index in [2.05, 4.69) is 38.5 Å². The normalized spacial score (nSPS) is 18.3. The van der Waals surface area contributed by atoms with Crippen LogP contribution in [0.3, 0.4) is 0 Å². The molecule has 0 saturated heterocycles. The number of nitrogens with zero attached hydrogens (tertiary/aromatic N) is 5. The monoisotopic (exact) mass is 407 g/mol. The highest BCUT2D eigenvalue weighted by molar-refractivity contribution is 6.09. The van der Waals surface area contributed by atoms with Gasteiger partial charge in [-0.2, -0.15) is 10.2 Å². The van der Waals surface area contributed by atoms with Crippen LogP contribution in [0.2, 0.25) is 0 Å². The van der Waals surface area contributed by atoms with Crippen LogP contribution in [0, 0.1) is 0 Å². The fraction of sp³-hybridized carbons (Fsp3) is 0.286. The summed E-state index contributed by atoms with van der Waals surface area (Å²) in [5.41, 5.74) is 1.81. The molecule has 0 saturated carbocycles. The van der Waals surface area contributed by atoms with Crippen LogP contribution in [0.15, 0.2) is 48.2 Å². The predicted molar refractivity (Wildman–Crippen MR) is 116 cm³/mol. The third-order valence-corrected chi connectivity index (χ3v) is 4.38. The number of likely N-dealkylation sites (N-methyl/N-ethyl adjacent to an activating group) is 1. The van der Waals surface area contributed by atoms with Gasteiger partial charge in [-0.3, -0.25) is 19.3 Å². The summed E-state index contributed by atoms with van der Waals surface area (Å²) in [4.78, 5) is 29.6. The van der Waals surface area contributed by atoms with E-state index in [9.17, 15) is 9.59 Å². The average molecular weight is 407 g/mol. The molecule has 2 aromatic heterocycles. The van der Waals surface area contributed by atoms with Crippen LogP contribution < -0.4 is 10.6 Å². The number of fused-ring (bicyclic) bond motifs is 3. The maximum atomic E-state index is 12.7. The summed E-state index contributed by atoms with van der Waals surface area (Å²) in [7, 11) is 3.55. The molecular formula is C21H25N7O2. The molecule has 0 unspecified atom stereocenters. The number of hydrogen-bond acceptors (Lipinski definition) is 6. The summed E-state index contributed by atoms with van der Waals surface area (Å²) in [6, 6.07) is 5.08. The zero-order valence-corrected chi connectivity index (χ0v) is 17.1. The van der Waals surface area contributed by atoms with Gasteiger partial charge in [0.15, 0.2) is 5.69 Å². The lowest BCUT2D eigenvalue weighted by atomic mass is 10.2. The Balaban J connectivity index is 1.90. The molecule has 0 radical (unpaired) electrons. The maximum Gasteiger partial charge on any atom is 0.274 e. The third-order valence-electron chi connectivity index (χ3n) is 4.38. The molecule has 9 nitrogen and oxygen atoms in total. The fourth-order valence-corrected chi connectivity index (χ4v) is 2.81. The third kappa shape index (κ3) is 5.40. The Hall–Kier alpha value is -3.75. The van der Waals surface area contributed by atoms with E-state index in [1.807, 2.05) is 13.1 Å². The van der Waals surface area contributed by atoms with Crippen LogP contribution in [0.4, 0.5) is 5.69 Å². The predicted octanol–water partition coefficient (Wildman–Crippen LogP) is 2.08. The van der Waals surface area contributed by atoms with Crippen molar-refractivity contribution < 1.29 is 9.59 Å². The van der Waals surface area contributed by atoms with Gasteiger partial charge in [-0.15, -0.1) is 0 Å². The molecule has 2 amide bonds. The van der Waals surface area contributed by atoms with Crippen molar-refractivity contribution in [1.82, 2.24) is 25.1 Å². The molecule has 1 aliphatic heterocycles. The molecule has 3 heterocycles. The van der Waals surface area contributed by atoms with Crippen LogP contribution in [-0.4, -0.2) is 57.9 Å². The number of allylic oxidation sites excluding steroid dienone is 2. The van der Waals surface area contributed by atoms with Crippen molar-refractivity contribution in [3.63, 3.8) is 0 Å². The summed E-state index contributed by atoms with van der Waals surface area (Å²) < 4.78 is 1.48. The van der Waals surface area contributed by atoms with Gasteiger partial charge >= 0.3 is 0 Å². The number of aromatic nitrogens is 3. The molecule has 0 aliphatic carbocycles. The van der Waals surface area contributed by atoms with E-state index in [0.29, 0.717) is 30.0 Å². The Labute approximate surface area is 175 Å². The molecule has 2 N–H and O–H groups in total. The first-order valence-corrected chi connectivity index (χ1v) is 9.63. The maximum absolute atomic E-state index is 12.7. The van der Waals surface area contributed by atoms with Crippen molar-refractivity contribution in [2.24, 2.45) is 12.1 Å². The molecule has 0 aromatic carbocycles. The van der Waals surface area contributed by atoms with E-state index >= 15 is 0 Å². The Morgan fingerprint density at radius 2 is 1.90 bits per heavy atom. The van der Waals surface area contributed by atoms with Gasteiger partial charge in [-0.05, 0) is 25.0 Å². The van der Waals surface area contributed by atoms with Gasteiger partial charge in [-0.25, -0.2) is 4.98 Å². The summed E-state index contributed by atoms with van der Waals surface area (Å²) in [6.45, 7) is 5.13. The van der Waals surface area contributed by atoms with Gasteiger partial charge in [0, 0.05) is 32.4 Å². The van der Waals surface area contributed by atoms with Gasteiger partial charge in [0.25, 0.3) is 11.8 Å². The van der Waals surface area contributed by atoms with Crippen molar-refractivity contribution in [1.29, 1.82) is 0 Å². The number of nitrogens with one attached hydrogen (secondary N) is 2. The minimum Gasteiger partial charge on any atom is -0.351 e. The Kier molecular flexibility index (Phi) is 6.74. The molecule has 2 aromatic rings. The highest BCUT2D eigenvalue weighted by atomic mass is 16.2. The smallest absolute Gasteiger partial charge is 0.274 e. The van der Waals surface area contributed by atoms with Gasteiger partial charge < -0.3 is 10.6 Å². The first-order valence-electron chi connectivity index (χ1n) is 9.63. The van der Waals surface area contributed by atoms with Crippen molar-refractivity contribution in [2.75, 3.05) is 25.5 Å². The van der Waals surface area contributed by atoms with E-state index in [1.54, 1.807) is 42.7 Å². The van der Waals surface area contributed by atoms with Crippen molar-refractivity contribution >= 4 is 29.3 Å². The van der Waals surface area contributed by atoms with Crippen molar-refractivity contribution in [3.8, 4) is 0 Å². The van der Waals surface area contributed by atoms with Crippen LogP contribution >= 0.6 is 0 Å². The molecule has 3 rings (SSSR count). The van der Waals surface area contributed by atoms with Crippen LogP contribution in [0.25, 0.3) is 5.57 Å². The zero-order chi connectivity index (χ0) is 21.5. The minimum absolute atomic E-state index is 0.161. The highest BCUT2D eigenvalue weighted by Crippen LogP contribution is 2.15. The van der Waals surface area contributed by atoms with E-state index in [4.69, 9.17) is 0 Å². The number of anilines is 1. The number of pyridine rings is 1. The minimum atomic E-state index is -0.442. The fourth-order valence-electron chi connectivity index (χ4n) is 2.81. The highest BCUT2D eigenvalue weighted by Gasteiger charge is 2.19. The number of carbonyl (C=O) groups excluding carboxylic acids is 2. The molecule has 0 atom stereocenters. The average Bonchev–Trinajstić information content (AvgIpc) is 3.10. The molecule has 1 aliphatic rings. The van der Waals surface area contributed by atoms with Crippen molar-refractivity contribution in [2.45, 2.75) is 12.8 Å². The largest absolute Gasteiger partial charge is 0.351 e. The second-order valence-corrected chi connectivity index (χ2v) is 6.91. The van der Waals surface area contributed by atoms with Crippen LogP contribution in [0.5, 0.6) is 0 Å². The second kappa shape index (κ2) is 9.64. The first kappa shape index (κ1) is 21.0. The number of carbonyl (C=O) groups is 2. The number of rotatable bonds is 0. The summed E-state index contributed by atoms with van der Waals surface area (Å²) in [6.07, 6.45) is 8.90. The summed E-state index contributed by atoms with van der Waals surface area (Å²) in [5, 5.41) is 15.9. The van der Waals surface area contributed by atoms with E-state index in [1.165, 1.54) is 4.68 Å². The van der Waals surface area contributed by atoms with E-state index < -0.39 is 5.91 Å². The van der Waals surface area contributed by atoms with E-state index in [0.717, 1.165) is 12.8 Å². The van der Waals surface area contributed by atoms with Gasteiger partial charge in [-0.1, -0.05) is 24.8 Å². The van der Waals surface area contributed by atoms with Crippen LogP contribution in [-0.2, 0) is 7.05 Å². The summed E-state index contributed by atoms with van der Waals surface area (Å²) in [5.74, 6) is -0.779. The number of aryl methyl sites for hydroxylation is 1. The Morgan fingerprint density at radius 3 is 2.73 bits per heavy atom. The molecule has 156 valence electrons. The lowest BCUT2D eigenvalue weighted by Crippen LogP contribution is -2.26. The Bertz CT molecular complexity index is 1010. The quantitative estimate of drug-likeness (QED) is 0.651.